The van der Waals surface area contributed by atoms with Gasteiger partial charge in [0.25, 0.3) is 0 Å². The minimum atomic E-state index is -0.901. The van der Waals surface area contributed by atoms with E-state index in [2.05, 4.69) is 5.32 Å². The van der Waals surface area contributed by atoms with Crippen LogP contribution in [-0.2, 0) is 4.79 Å². The van der Waals surface area contributed by atoms with Crippen molar-refractivity contribution in [2.24, 2.45) is 5.41 Å². The molecule has 0 aliphatic rings. The van der Waals surface area contributed by atoms with Gasteiger partial charge in [0.05, 0.1) is 6.42 Å². The molecule has 0 bridgehead atoms. The van der Waals surface area contributed by atoms with E-state index in [9.17, 15) is 9.59 Å². The number of urea groups is 1. The van der Waals surface area contributed by atoms with Crippen LogP contribution in [0.3, 0.4) is 0 Å². The molecule has 0 saturated carbocycles. The Labute approximate surface area is 110 Å². The maximum Gasteiger partial charge on any atom is 0.317 e. The molecule has 5 nitrogen and oxygen atoms in total. The van der Waals surface area contributed by atoms with Crippen LogP contribution in [0.5, 0.6) is 0 Å². The number of carboxylic acid groups (broad SMARTS) is 1. The van der Waals surface area contributed by atoms with Crippen LogP contribution in [0.2, 0.25) is 0 Å². The highest BCUT2D eigenvalue weighted by atomic mass is 16.4. The van der Waals surface area contributed by atoms with Gasteiger partial charge in [0.2, 0.25) is 0 Å². The van der Waals surface area contributed by atoms with Gasteiger partial charge in [0.15, 0.2) is 0 Å². The van der Waals surface area contributed by atoms with Crippen LogP contribution < -0.4 is 5.32 Å². The molecule has 0 aromatic rings. The van der Waals surface area contributed by atoms with Gasteiger partial charge in [-0.1, -0.05) is 27.7 Å². The molecule has 18 heavy (non-hydrogen) atoms. The lowest BCUT2D eigenvalue weighted by Crippen LogP contribution is -2.51. The molecule has 106 valence electrons. The van der Waals surface area contributed by atoms with Crippen molar-refractivity contribution in [2.75, 3.05) is 7.05 Å². The summed E-state index contributed by atoms with van der Waals surface area (Å²) in [6.45, 7) is 9.73. The SMILES string of the molecule is CCC(C)N(C)C(=O)NC(CC(=O)O)C(C)(C)C. The minimum absolute atomic E-state index is 0.0659. The largest absolute Gasteiger partial charge is 0.481 e. The third-order valence-electron chi connectivity index (χ3n) is 3.29. The molecule has 0 aliphatic heterocycles. The third-order valence-corrected chi connectivity index (χ3v) is 3.29. The van der Waals surface area contributed by atoms with Gasteiger partial charge in [-0.3, -0.25) is 4.79 Å². The maximum absolute atomic E-state index is 12.0. The number of hydrogen-bond donors (Lipinski definition) is 2. The topological polar surface area (TPSA) is 69.6 Å². The Morgan fingerprint density at radius 3 is 2.17 bits per heavy atom. The Morgan fingerprint density at radius 2 is 1.83 bits per heavy atom. The molecule has 2 N–H and O–H groups in total. The van der Waals surface area contributed by atoms with Gasteiger partial charge in [-0.2, -0.15) is 0 Å². The molecule has 0 fully saturated rings. The van der Waals surface area contributed by atoms with E-state index in [-0.39, 0.29) is 30.0 Å². The smallest absolute Gasteiger partial charge is 0.317 e. The van der Waals surface area contributed by atoms with Crippen molar-refractivity contribution in [3.05, 3.63) is 0 Å². The summed E-state index contributed by atoms with van der Waals surface area (Å²) in [5, 5.41) is 11.7. The first-order chi connectivity index (χ1) is 8.09. The first kappa shape index (κ1) is 16.7. The summed E-state index contributed by atoms with van der Waals surface area (Å²) < 4.78 is 0. The predicted molar refractivity (Wildman–Crippen MR) is 71.5 cm³/mol. The van der Waals surface area contributed by atoms with E-state index >= 15 is 0 Å². The fourth-order valence-corrected chi connectivity index (χ4v) is 1.47. The summed E-state index contributed by atoms with van der Waals surface area (Å²) in [4.78, 5) is 24.4. The van der Waals surface area contributed by atoms with Gasteiger partial charge >= 0.3 is 12.0 Å². The van der Waals surface area contributed by atoms with Gasteiger partial charge in [0.1, 0.15) is 0 Å². The van der Waals surface area contributed by atoms with Crippen LogP contribution in [-0.4, -0.2) is 41.1 Å². The second kappa shape index (κ2) is 6.61. The average Bonchev–Trinajstić information content (AvgIpc) is 2.24. The van der Waals surface area contributed by atoms with E-state index in [1.807, 2.05) is 34.6 Å². The minimum Gasteiger partial charge on any atom is -0.481 e. The molecule has 0 saturated heterocycles. The second-order valence-corrected chi connectivity index (χ2v) is 5.83. The van der Waals surface area contributed by atoms with Gasteiger partial charge < -0.3 is 15.3 Å². The van der Waals surface area contributed by atoms with Crippen molar-refractivity contribution in [1.29, 1.82) is 0 Å². The normalized spacial score (nSPS) is 14.8. The second-order valence-electron chi connectivity index (χ2n) is 5.83. The van der Waals surface area contributed by atoms with Crippen molar-refractivity contribution in [1.82, 2.24) is 10.2 Å². The number of rotatable bonds is 5. The highest BCUT2D eigenvalue weighted by Gasteiger charge is 2.29. The van der Waals surface area contributed by atoms with E-state index < -0.39 is 5.97 Å². The molecule has 2 amide bonds. The number of nitrogens with zero attached hydrogens (tertiary/aromatic N) is 1. The fourth-order valence-electron chi connectivity index (χ4n) is 1.47. The van der Waals surface area contributed by atoms with Crippen LogP contribution in [0, 0.1) is 5.41 Å². The highest BCUT2D eigenvalue weighted by molar-refractivity contribution is 5.76. The maximum atomic E-state index is 12.0. The Balaban J connectivity index is 4.68. The fraction of sp³-hybridized carbons (Fsp3) is 0.846. The first-order valence-electron chi connectivity index (χ1n) is 6.34. The molecule has 0 rings (SSSR count). The number of nitrogens with one attached hydrogen (secondary N) is 1. The molecule has 0 heterocycles. The standard InChI is InChI=1S/C13H26N2O3/c1-7-9(2)15(6)12(18)14-10(8-11(16)17)13(3,4)5/h9-10H,7-8H2,1-6H3,(H,14,18)(H,16,17). The zero-order valence-corrected chi connectivity index (χ0v) is 12.3. The number of aliphatic carboxylic acids is 1. The van der Waals surface area contributed by atoms with Crippen LogP contribution in [0.25, 0.3) is 0 Å². The van der Waals surface area contributed by atoms with E-state index in [0.717, 1.165) is 6.42 Å². The molecular weight excluding hydrogens is 232 g/mol. The van der Waals surface area contributed by atoms with Crippen molar-refractivity contribution in [3.8, 4) is 0 Å². The third kappa shape index (κ3) is 5.38. The van der Waals surface area contributed by atoms with Crippen molar-refractivity contribution >= 4 is 12.0 Å². The van der Waals surface area contributed by atoms with Crippen LogP contribution >= 0.6 is 0 Å². The predicted octanol–water partition coefficient (Wildman–Crippen LogP) is 2.32. The van der Waals surface area contributed by atoms with E-state index in [4.69, 9.17) is 5.11 Å². The summed E-state index contributed by atoms with van der Waals surface area (Å²) in [6.07, 6.45) is 0.798. The van der Waals surface area contributed by atoms with E-state index in [1.54, 1.807) is 11.9 Å². The van der Waals surface area contributed by atoms with Crippen LogP contribution in [0.1, 0.15) is 47.5 Å². The molecule has 2 unspecified atom stereocenters. The molecular formula is C13H26N2O3. The lowest BCUT2D eigenvalue weighted by Gasteiger charge is -2.33. The zero-order chi connectivity index (χ0) is 14.5. The quantitative estimate of drug-likeness (QED) is 0.795. The number of carbonyl (C=O) groups excluding carboxylic acids is 1. The van der Waals surface area contributed by atoms with Crippen molar-refractivity contribution < 1.29 is 14.7 Å². The zero-order valence-electron chi connectivity index (χ0n) is 12.3. The van der Waals surface area contributed by atoms with Gasteiger partial charge in [-0.15, -0.1) is 0 Å². The van der Waals surface area contributed by atoms with E-state index in [1.165, 1.54) is 0 Å². The summed E-state index contributed by atoms with van der Waals surface area (Å²) in [5.74, 6) is -0.901. The van der Waals surface area contributed by atoms with Gasteiger partial charge in [-0.05, 0) is 18.8 Å². The van der Waals surface area contributed by atoms with Crippen molar-refractivity contribution in [2.45, 2.75) is 59.5 Å². The number of amides is 2. The molecule has 5 heteroatoms. The van der Waals surface area contributed by atoms with E-state index in [0.29, 0.717) is 0 Å². The summed E-state index contributed by atoms with van der Waals surface area (Å²) >= 11 is 0. The van der Waals surface area contributed by atoms with Crippen LogP contribution in [0.4, 0.5) is 4.79 Å². The lowest BCUT2D eigenvalue weighted by atomic mass is 9.85. The Hall–Kier alpha value is -1.26. The lowest BCUT2D eigenvalue weighted by molar-refractivity contribution is -0.138. The highest BCUT2D eigenvalue weighted by Crippen LogP contribution is 2.22. The monoisotopic (exact) mass is 258 g/mol. The Bertz CT molecular complexity index is 297. The number of hydrogen-bond acceptors (Lipinski definition) is 2. The molecule has 0 radical (unpaired) electrons. The Kier molecular flexibility index (Phi) is 6.15. The van der Waals surface area contributed by atoms with Crippen molar-refractivity contribution in [3.63, 3.8) is 0 Å². The van der Waals surface area contributed by atoms with Crippen LogP contribution in [0.15, 0.2) is 0 Å². The number of carboxylic acids is 1. The Morgan fingerprint density at radius 1 is 1.33 bits per heavy atom. The molecule has 0 aliphatic carbocycles. The molecule has 0 spiro atoms. The molecule has 0 aromatic heterocycles. The summed E-state index contributed by atoms with van der Waals surface area (Å²) in [5.41, 5.74) is -0.287. The molecule has 2 atom stereocenters. The number of carbonyl (C=O) groups is 2. The average molecular weight is 258 g/mol. The summed E-state index contributed by atoms with van der Waals surface area (Å²) in [7, 11) is 1.73. The van der Waals surface area contributed by atoms with Gasteiger partial charge in [-0.25, -0.2) is 4.79 Å². The molecule has 0 aromatic carbocycles. The van der Waals surface area contributed by atoms with Gasteiger partial charge in [0, 0.05) is 19.1 Å². The summed E-state index contributed by atoms with van der Waals surface area (Å²) in [6, 6.07) is -0.463. The first-order valence-corrected chi connectivity index (χ1v) is 6.34.